The number of alkyl halides is 3. The highest BCUT2D eigenvalue weighted by atomic mass is 19.4. The average molecular weight is 408 g/mol. The molecule has 1 heterocycles. The van der Waals surface area contributed by atoms with Crippen molar-refractivity contribution >= 4 is 23.1 Å². The van der Waals surface area contributed by atoms with Gasteiger partial charge in [0.1, 0.15) is 18.0 Å². The van der Waals surface area contributed by atoms with Crippen LogP contribution in [0.1, 0.15) is 30.5 Å². The van der Waals surface area contributed by atoms with Crippen LogP contribution in [0.2, 0.25) is 0 Å². The molecule has 152 valence electrons. The van der Waals surface area contributed by atoms with Gasteiger partial charge in [0.25, 0.3) is 0 Å². The smallest absolute Gasteiger partial charge is 0.416 e. The number of amides is 1. The zero-order chi connectivity index (χ0) is 21.6. The van der Waals surface area contributed by atoms with E-state index in [4.69, 9.17) is 0 Å². The van der Waals surface area contributed by atoms with Crippen LogP contribution in [0.5, 0.6) is 0 Å². The SMILES string of the molecule is CC[N+]1(Cc2cccc(F)c2)C(=O)C(C(=O)O)=C(C)c2ccc(C(F)(F)F)cc21. The van der Waals surface area contributed by atoms with Gasteiger partial charge in [0.2, 0.25) is 0 Å². The fraction of sp³-hybridized carbons (Fsp3) is 0.238. The third-order valence-electron chi connectivity index (χ3n) is 5.26. The Kier molecular flexibility index (Phi) is 5.08. The van der Waals surface area contributed by atoms with Gasteiger partial charge in [0, 0.05) is 17.2 Å². The Balaban J connectivity index is 2.32. The Morgan fingerprint density at radius 1 is 1.14 bits per heavy atom. The fourth-order valence-electron chi connectivity index (χ4n) is 3.78. The minimum Gasteiger partial charge on any atom is -0.477 e. The molecule has 0 fully saturated rings. The monoisotopic (exact) mass is 408 g/mol. The molecule has 4 nitrogen and oxygen atoms in total. The van der Waals surface area contributed by atoms with Crippen LogP contribution >= 0.6 is 0 Å². The number of halogens is 4. The molecule has 0 saturated heterocycles. The average Bonchev–Trinajstić information content (AvgIpc) is 2.64. The van der Waals surface area contributed by atoms with E-state index in [9.17, 15) is 32.3 Å². The summed E-state index contributed by atoms with van der Waals surface area (Å²) in [6, 6.07) is 8.31. The molecule has 1 N–H and O–H groups in total. The largest absolute Gasteiger partial charge is 0.477 e. The van der Waals surface area contributed by atoms with Crippen molar-refractivity contribution in [2.24, 2.45) is 0 Å². The molecule has 0 bridgehead atoms. The quantitative estimate of drug-likeness (QED) is 0.451. The van der Waals surface area contributed by atoms with Gasteiger partial charge in [-0.1, -0.05) is 12.1 Å². The summed E-state index contributed by atoms with van der Waals surface area (Å²) < 4.78 is 53.0. The third kappa shape index (κ3) is 3.44. The number of carbonyl (C=O) groups is 2. The second kappa shape index (κ2) is 7.11. The van der Waals surface area contributed by atoms with E-state index in [0.29, 0.717) is 5.56 Å². The number of carboxylic acid groups (broad SMARTS) is 1. The molecule has 2 aromatic rings. The van der Waals surface area contributed by atoms with E-state index in [-0.39, 0.29) is 29.9 Å². The van der Waals surface area contributed by atoms with Crippen LogP contribution in [-0.4, -0.2) is 23.5 Å². The highest BCUT2D eigenvalue weighted by Gasteiger charge is 2.49. The highest BCUT2D eigenvalue weighted by molar-refractivity contribution is 6.26. The number of aliphatic carboxylic acids is 1. The van der Waals surface area contributed by atoms with Crippen molar-refractivity contribution in [3.05, 3.63) is 70.5 Å². The minimum absolute atomic E-state index is 0.00623. The van der Waals surface area contributed by atoms with Gasteiger partial charge in [-0.15, -0.1) is 0 Å². The molecule has 3 rings (SSSR count). The van der Waals surface area contributed by atoms with Gasteiger partial charge in [-0.2, -0.15) is 13.2 Å². The first-order valence-electron chi connectivity index (χ1n) is 8.84. The number of hydrogen-bond acceptors (Lipinski definition) is 2. The summed E-state index contributed by atoms with van der Waals surface area (Å²) >= 11 is 0. The van der Waals surface area contributed by atoms with Crippen molar-refractivity contribution in [2.75, 3.05) is 6.54 Å². The Bertz CT molecular complexity index is 1040. The molecule has 29 heavy (non-hydrogen) atoms. The van der Waals surface area contributed by atoms with Gasteiger partial charge in [0.05, 0.1) is 12.1 Å². The fourth-order valence-corrected chi connectivity index (χ4v) is 3.78. The second-order valence-corrected chi connectivity index (χ2v) is 6.91. The normalized spacial score (nSPS) is 19.3. The first-order chi connectivity index (χ1) is 13.5. The van der Waals surface area contributed by atoms with Gasteiger partial charge >= 0.3 is 18.1 Å². The van der Waals surface area contributed by atoms with Crippen LogP contribution in [-0.2, 0) is 22.3 Å². The van der Waals surface area contributed by atoms with Crippen LogP contribution in [0.4, 0.5) is 23.2 Å². The molecule has 1 amide bonds. The molecule has 1 aliphatic rings. The van der Waals surface area contributed by atoms with Crippen LogP contribution in [0.15, 0.2) is 48.0 Å². The summed E-state index contributed by atoms with van der Waals surface area (Å²) in [6.45, 7) is 2.81. The number of carbonyl (C=O) groups excluding carboxylic acids is 1. The number of allylic oxidation sites excluding steroid dienone is 1. The topological polar surface area (TPSA) is 54.4 Å². The van der Waals surface area contributed by atoms with Crippen LogP contribution in [0.3, 0.4) is 0 Å². The molecule has 0 aromatic heterocycles. The van der Waals surface area contributed by atoms with Crippen LogP contribution < -0.4 is 4.48 Å². The van der Waals surface area contributed by atoms with Gasteiger partial charge in [-0.3, -0.25) is 0 Å². The lowest BCUT2D eigenvalue weighted by molar-refractivity contribution is -0.139. The molecule has 0 spiro atoms. The van der Waals surface area contributed by atoms with E-state index in [0.717, 1.165) is 12.1 Å². The predicted octanol–water partition coefficient (Wildman–Crippen LogP) is 4.77. The molecule has 1 atom stereocenters. The van der Waals surface area contributed by atoms with E-state index in [1.165, 1.54) is 31.2 Å². The number of carboxylic acids is 1. The maximum atomic E-state index is 13.7. The summed E-state index contributed by atoms with van der Waals surface area (Å²) in [6.07, 6.45) is -4.63. The summed E-state index contributed by atoms with van der Waals surface area (Å²) in [5.41, 5.74) is -0.630. The molecule has 0 aliphatic carbocycles. The standard InChI is InChI=1S/C21H17F4NO3/c1-3-26(11-13-5-4-6-15(22)9-13)17-10-14(21(23,24)25)7-8-16(17)12(2)18(19(26)27)20(28)29/h4-10H,3,11H2,1-2H3/p+1. The van der Waals surface area contributed by atoms with Crippen molar-refractivity contribution < 1.29 is 32.3 Å². The van der Waals surface area contributed by atoms with E-state index in [2.05, 4.69) is 0 Å². The second-order valence-electron chi connectivity index (χ2n) is 6.91. The first-order valence-corrected chi connectivity index (χ1v) is 8.84. The maximum absolute atomic E-state index is 13.7. The molecular formula is C21H18F4NO3+. The summed E-state index contributed by atoms with van der Waals surface area (Å²) in [7, 11) is 0. The number of nitrogens with zero attached hydrogens (tertiary/aromatic N) is 1. The number of quaternary nitrogens is 1. The van der Waals surface area contributed by atoms with Crippen molar-refractivity contribution in [1.82, 2.24) is 4.48 Å². The summed E-state index contributed by atoms with van der Waals surface area (Å²) in [4.78, 5) is 25.1. The third-order valence-corrected chi connectivity index (χ3v) is 5.26. The zero-order valence-corrected chi connectivity index (χ0v) is 15.7. The zero-order valence-electron chi connectivity index (χ0n) is 15.7. The van der Waals surface area contributed by atoms with E-state index < -0.39 is 39.5 Å². The minimum atomic E-state index is -4.63. The van der Waals surface area contributed by atoms with Crippen molar-refractivity contribution in [3.8, 4) is 0 Å². The number of likely N-dealkylation sites (N-methyl/N-ethyl adjacent to an activating group) is 1. The Hall–Kier alpha value is -3.00. The molecule has 8 heteroatoms. The van der Waals surface area contributed by atoms with Gasteiger partial charge < -0.3 is 5.11 Å². The van der Waals surface area contributed by atoms with Crippen molar-refractivity contribution in [3.63, 3.8) is 0 Å². The lowest BCUT2D eigenvalue weighted by Crippen LogP contribution is -2.57. The summed E-state index contributed by atoms with van der Waals surface area (Å²) in [5, 5.41) is 9.60. The van der Waals surface area contributed by atoms with Crippen molar-refractivity contribution in [2.45, 2.75) is 26.6 Å². The number of hydrogen-bond donors (Lipinski definition) is 1. The Labute approximate surface area is 164 Å². The van der Waals surface area contributed by atoms with Gasteiger partial charge in [0.15, 0.2) is 5.57 Å². The van der Waals surface area contributed by atoms with Crippen LogP contribution in [0, 0.1) is 5.82 Å². The lowest BCUT2D eigenvalue weighted by Gasteiger charge is -2.39. The molecule has 0 radical (unpaired) electrons. The molecule has 1 aliphatic heterocycles. The number of rotatable bonds is 4. The molecule has 0 saturated carbocycles. The van der Waals surface area contributed by atoms with E-state index in [1.54, 1.807) is 13.0 Å². The van der Waals surface area contributed by atoms with Crippen LogP contribution in [0.25, 0.3) is 5.57 Å². The van der Waals surface area contributed by atoms with Gasteiger partial charge in [-0.05, 0) is 43.7 Å². The number of fused-ring (bicyclic) bond motifs is 1. The lowest BCUT2D eigenvalue weighted by atomic mass is 9.89. The predicted molar refractivity (Wildman–Crippen MR) is 99.1 cm³/mol. The Morgan fingerprint density at radius 3 is 2.38 bits per heavy atom. The van der Waals surface area contributed by atoms with Gasteiger partial charge in [-0.25, -0.2) is 18.5 Å². The molecule has 1 unspecified atom stereocenters. The van der Waals surface area contributed by atoms with E-state index in [1.807, 2.05) is 0 Å². The number of benzene rings is 2. The maximum Gasteiger partial charge on any atom is 0.416 e. The molecule has 2 aromatic carbocycles. The molecular weight excluding hydrogens is 390 g/mol. The highest BCUT2D eigenvalue weighted by Crippen LogP contribution is 2.44. The summed E-state index contributed by atoms with van der Waals surface area (Å²) in [5.74, 6) is -2.84. The van der Waals surface area contributed by atoms with E-state index >= 15 is 0 Å². The Morgan fingerprint density at radius 2 is 1.83 bits per heavy atom. The van der Waals surface area contributed by atoms with Crippen molar-refractivity contribution in [1.29, 1.82) is 0 Å². The first kappa shape index (κ1) is 20.7.